The van der Waals surface area contributed by atoms with E-state index < -0.39 is 0 Å². The molecule has 1 aromatic carbocycles. The number of rotatable bonds is 4. The van der Waals surface area contributed by atoms with E-state index in [0.29, 0.717) is 0 Å². The van der Waals surface area contributed by atoms with Crippen LogP contribution in [0, 0.1) is 6.92 Å². The van der Waals surface area contributed by atoms with E-state index in [0.717, 1.165) is 34.9 Å². The number of para-hydroxylation sites is 1. The Bertz CT molecular complexity index is 726. The van der Waals surface area contributed by atoms with Crippen LogP contribution in [0.4, 0.5) is 0 Å². The molecule has 21 heavy (non-hydrogen) atoms. The minimum atomic E-state index is 0.175. The zero-order valence-electron chi connectivity index (χ0n) is 12.9. The van der Waals surface area contributed by atoms with Crippen molar-refractivity contribution in [3.63, 3.8) is 0 Å². The van der Waals surface area contributed by atoms with Crippen molar-refractivity contribution in [2.24, 2.45) is 7.05 Å². The third-order valence-corrected chi connectivity index (χ3v) is 4.09. The number of furan rings is 1. The van der Waals surface area contributed by atoms with Gasteiger partial charge in [0.2, 0.25) is 0 Å². The third-order valence-electron chi connectivity index (χ3n) is 4.09. The van der Waals surface area contributed by atoms with Crippen molar-refractivity contribution in [3.8, 4) is 0 Å². The number of hydrogen-bond donors (Lipinski definition) is 0. The molecule has 3 rings (SSSR count). The Morgan fingerprint density at radius 2 is 2.05 bits per heavy atom. The molecule has 0 saturated carbocycles. The first-order valence-electron chi connectivity index (χ1n) is 7.10. The molecule has 0 saturated heterocycles. The van der Waals surface area contributed by atoms with E-state index in [-0.39, 0.29) is 6.04 Å². The van der Waals surface area contributed by atoms with Gasteiger partial charge in [0, 0.05) is 12.4 Å². The zero-order valence-corrected chi connectivity index (χ0v) is 12.9. The average molecular weight is 284 g/mol. The highest BCUT2D eigenvalue weighted by molar-refractivity contribution is 5.77. The van der Waals surface area contributed by atoms with E-state index in [2.05, 4.69) is 41.2 Å². The minimum Gasteiger partial charge on any atom is -0.459 e. The summed E-state index contributed by atoms with van der Waals surface area (Å²) in [6.45, 7) is 4.83. The second-order valence-electron chi connectivity index (χ2n) is 5.50. The molecule has 0 fully saturated rings. The van der Waals surface area contributed by atoms with Gasteiger partial charge in [0.15, 0.2) is 0 Å². The number of nitrogens with zero attached hydrogens (tertiary/aromatic N) is 4. The summed E-state index contributed by atoms with van der Waals surface area (Å²) >= 11 is 0. The van der Waals surface area contributed by atoms with Gasteiger partial charge in [0.1, 0.15) is 23.0 Å². The van der Waals surface area contributed by atoms with Gasteiger partial charge in [-0.25, -0.2) is 0 Å². The van der Waals surface area contributed by atoms with Gasteiger partial charge in [-0.05, 0) is 33.0 Å². The lowest BCUT2D eigenvalue weighted by Gasteiger charge is -2.22. The molecule has 1 atom stereocenters. The number of fused-ring (bicyclic) bond motifs is 1. The summed E-state index contributed by atoms with van der Waals surface area (Å²) in [6, 6.07) is 10.4. The van der Waals surface area contributed by atoms with Crippen LogP contribution in [0.1, 0.15) is 30.4 Å². The van der Waals surface area contributed by atoms with Crippen molar-refractivity contribution in [2.45, 2.75) is 26.4 Å². The van der Waals surface area contributed by atoms with Crippen LogP contribution in [0.25, 0.3) is 11.0 Å². The molecule has 5 nitrogen and oxygen atoms in total. The Morgan fingerprint density at radius 1 is 1.29 bits per heavy atom. The Kier molecular flexibility index (Phi) is 3.51. The predicted molar refractivity (Wildman–Crippen MR) is 81.8 cm³/mol. The van der Waals surface area contributed by atoms with E-state index >= 15 is 0 Å². The van der Waals surface area contributed by atoms with E-state index in [4.69, 9.17) is 4.42 Å². The van der Waals surface area contributed by atoms with E-state index in [1.54, 1.807) is 0 Å². The topological polar surface area (TPSA) is 47.1 Å². The van der Waals surface area contributed by atoms with E-state index in [1.807, 2.05) is 36.7 Å². The number of benzene rings is 1. The Labute approximate surface area is 124 Å². The van der Waals surface area contributed by atoms with E-state index in [9.17, 15) is 0 Å². The number of aryl methyl sites for hydroxylation is 1. The Hall–Kier alpha value is -2.14. The molecule has 0 aliphatic heterocycles. The fraction of sp³-hybridized carbons (Fsp3) is 0.375. The maximum Gasteiger partial charge on any atom is 0.146 e. The first kappa shape index (κ1) is 13.8. The van der Waals surface area contributed by atoms with Crippen LogP contribution in [0.2, 0.25) is 0 Å². The van der Waals surface area contributed by atoms with Gasteiger partial charge in [-0.15, -0.1) is 10.2 Å². The highest BCUT2D eigenvalue weighted by atomic mass is 16.3. The summed E-state index contributed by atoms with van der Waals surface area (Å²) in [5, 5.41) is 9.45. The van der Waals surface area contributed by atoms with Gasteiger partial charge in [0.25, 0.3) is 0 Å². The smallest absolute Gasteiger partial charge is 0.146 e. The summed E-state index contributed by atoms with van der Waals surface area (Å²) in [5.41, 5.74) is 0.933. The van der Waals surface area contributed by atoms with Crippen LogP contribution >= 0.6 is 0 Å². The first-order chi connectivity index (χ1) is 10.1. The SMILES string of the molecule is Cc1nnc(CN(C)[C@@H](C)c2cc3ccccc3o2)n1C. The number of hydrogen-bond acceptors (Lipinski definition) is 4. The fourth-order valence-electron chi connectivity index (χ4n) is 2.37. The number of aromatic nitrogens is 3. The Balaban J connectivity index is 1.80. The first-order valence-corrected chi connectivity index (χ1v) is 7.10. The molecule has 5 heteroatoms. The van der Waals surface area contributed by atoms with Gasteiger partial charge < -0.3 is 8.98 Å². The van der Waals surface area contributed by atoms with Crippen LogP contribution in [-0.2, 0) is 13.6 Å². The molecule has 0 bridgehead atoms. The summed E-state index contributed by atoms with van der Waals surface area (Å²) in [5.74, 6) is 2.85. The molecule has 110 valence electrons. The monoisotopic (exact) mass is 284 g/mol. The lowest BCUT2D eigenvalue weighted by atomic mass is 10.2. The van der Waals surface area contributed by atoms with Crippen LogP contribution in [0.3, 0.4) is 0 Å². The van der Waals surface area contributed by atoms with Crippen molar-refractivity contribution >= 4 is 11.0 Å². The Morgan fingerprint density at radius 3 is 2.71 bits per heavy atom. The van der Waals surface area contributed by atoms with Crippen LogP contribution in [-0.4, -0.2) is 26.7 Å². The summed E-state index contributed by atoms with van der Waals surface area (Å²) in [4.78, 5) is 2.21. The molecule has 0 N–H and O–H groups in total. The van der Waals surface area contributed by atoms with Gasteiger partial charge in [-0.2, -0.15) is 0 Å². The van der Waals surface area contributed by atoms with Crippen molar-refractivity contribution in [3.05, 3.63) is 47.7 Å². The maximum atomic E-state index is 5.94. The molecule has 3 aromatic rings. The van der Waals surface area contributed by atoms with Crippen molar-refractivity contribution < 1.29 is 4.42 Å². The summed E-state index contributed by atoms with van der Waals surface area (Å²) in [6.07, 6.45) is 0. The maximum absolute atomic E-state index is 5.94. The molecule has 0 aliphatic carbocycles. The average Bonchev–Trinajstić information content (AvgIpc) is 3.04. The fourth-order valence-corrected chi connectivity index (χ4v) is 2.37. The van der Waals surface area contributed by atoms with Crippen molar-refractivity contribution in [2.75, 3.05) is 7.05 Å². The molecule has 0 radical (unpaired) electrons. The standard InChI is InChI=1S/C16H20N4O/c1-11(15-9-13-7-5-6-8-14(13)21-15)19(3)10-16-18-17-12(2)20(16)4/h5-9,11H,10H2,1-4H3/t11-/m0/s1. The molecule has 0 spiro atoms. The molecule has 2 heterocycles. The molecule has 0 amide bonds. The van der Waals surface area contributed by atoms with Gasteiger partial charge in [0.05, 0.1) is 12.6 Å². The van der Waals surface area contributed by atoms with Crippen molar-refractivity contribution in [1.29, 1.82) is 0 Å². The minimum absolute atomic E-state index is 0.175. The molecule has 0 aliphatic rings. The molecular formula is C16H20N4O. The van der Waals surface area contributed by atoms with Crippen LogP contribution < -0.4 is 0 Å². The second-order valence-corrected chi connectivity index (χ2v) is 5.50. The molecule has 2 aromatic heterocycles. The van der Waals surface area contributed by atoms with Crippen LogP contribution in [0.5, 0.6) is 0 Å². The molecule has 0 unspecified atom stereocenters. The third kappa shape index (κ3) is 2.56. The summed E-state index contributed by atoms with van der Waals surface area (Å²) < 4.78 is 7.96. The predicted octanol–water partition coefficient (Wildman–Crippen LogP) is 3.06. The van der Waals surface area contributed by atoms with Gasteiger partial charge >= 0.3 is 0 Å². The quantitative estimate of drug-likeness (QED) is 0.738. The van der Waals surface area contributed by atoms with Crippen molar-refractivity contribution in [1.82, 2.24) is 19.7 Å². The van der Waals surface area contributed by atoms with Gasteiger partial charge in [-0.3, -0.25) is 4.90 Å². The van der Waals surface area contributed by atoms with Crippen LogP contribution in [0.15, 0.2) is 34.7 Å². The normalized spacial score (nSPS) is 13.2. The highest BCUT2D eigenvalue weighted by Gasteiger charge is 2.18. The largest absolute Gasteiger partial charge is 0.459 e. The molecular weight excluding hydrogens is 264 g/mol. The van der Waals surface area contributed by atoms with E-state index in [1.165, 1.54) is 0 Å². The lowest BCUT2D eigenvalue weighted by molar-refractivity contribution is 0.219. The lowest BCUT2D eigenvalue weighted by Crippen LogP contribution is -2.23. The second kappa shape index (κ2) is 5.33. The highest BCUT2D eigenvalue weighted by Crippen LogP contribution is 2.27. The zero-order chi connectivity index (χ0) is 15.0. The summed E-state index contributed by atoms with van der Waals surface area (Å²) in [7, 11) is 4.06. The van der Waals surface area contributed by atoms with Gasteiger partial charge in [-0.1, -0.05) is 18.2 Å².